The average molecular weight is 393 g/mol. The fourth-order valence-corrected chi connectivity index (χ4v) is 4.78. The fraction of sp³-hybridized carbons (Fsp3) is 0.353. The molecule has 1 aromatic carbocycles. The Balaban J connectivity index is 2.06. The zero-order valence-electron chi connectivity index (χ0n) is 12.9. The summed E-state index contributed by atoms with van der Waals surface area (Å²) in [6.45, 7) is 0. The first-order valence-electron chi connectivity index (χ1n) is 7.37. The number of halogens is 1. The fourth-order valence-electron chi connectivity index (χ4n) is 3.95. The molecule has 0 amide bonds. The van der Waals surface area contributed by atoms with Crippen LogP contribution in [-0.2, 0) is 14.3 Å². The lowest BCUT2D eigenvalue weighted by Gasteiger charge is -2.32. The molecule has 0 radical (unpaired) electrons. The number of Topliss-reactive ketones (excluding diaryl/α,β-unsaturated/α-hetero) is 1. The van der Waals surface area contributed by atoms with Crippen LogP contribution >= 0.6 is 15.9 Å². The van der Waals surface area contributed by atoms with Crippen LogP contribution in [0.5, 0.6) is 11.5 Å². The van der Waals surface area contributed by atoms with Crippen molar-refractivity contribution in [3.8, 4) is 11.5 Å². The van der Waals surface area contributed by atoms with Gasteiger partial charge in [0.15, 0.2) is 17.3 Å². The second-order valence-electron chi connectivity index (χ2n) is 5.99. The molecule has 0 spiro atoms. The van der Waals surface area contributed by atoms with Crippen molar-refractivity contribution in [1.29, 1.82) is 0 Å². The first-order chi connectivity index (χ1) is 11.4. The highest BCUT2D eigenvalue weighted by molar-refractivity contribution is 9.10. The maximum atomic E-state index is 13.2. The van der Waals surface area contributed by atoms with Crippen LogP contribution in [0.2, 0.25) is 0 Å². The maximum absolute atomic E-state index is 13.2. The lowest BCUT2D eigenvalue weighted by atomic mass is 9.71. The van der Waals surface area contributed by atoms with E-state index in [0.717, 1.165) is 0 Å². The molecule has 1 aromatic rings. The summed E-state index contributed by atoms with van der Waals surface area (Å²) in [4.78, 5) is 37.7. The minimum absolute atomic E-state index is 0.295. The predicted octanol–water partition coefficient (Wildman–Crippen LogP) is 2.00. The molecule has 7 heteroatoms. The summed E-state index contributed by atoms with van der Waals surface area (Å²) in [5.41, 5.74) is 0.966. The van der Waals surface area contributed by atoms with Crippen LogP contribution in [0.4, 0.5) is 0 Å². The third-order valence-corrected chi connectivity index (χ3v) is 6.10. The Morgan fingerprint density at radius 2 is 1.88 bits per heavy atom. The van der Waals surface area contributed by atoms with Crippen molar-refractivity contribution in [2.45, 2.75) is 10.2 Å². The van der Waals surface area contributed by atoms with E-state index in [4.69, 9.17) is 14.2 Å². The Kier molecular flexibility index (Phi) is 3.16. The van der Waals surface area contributed by atoms with E-state index in [1.165, 1.54) is 14.2 Å². The second-order valence-corrected chi connectivity index (χ2v) is 7.30. The van der Waals surface area contributed by atoms with Crippen LogP contribution in [0.25, 0.3) is 0 Å². The Labute approximate surface area is 145 Å². The quantitative estimate of drug-likeness (QED) is 0.331. The number of methoxy groups -OCH3 is 2. The Morgan fingerprint density at radius 3 is 2.54 bits per heavy atom. The van der Waals surface area contributed by atoms with Crippen LogP contribution in [0.1, 0.15) is 21.8 Å². The van der Waals surface area contributed by atoms with Gasteiger partial charge in [0.25, 0.3) is 0 Å². The van der Waals surface area contributed by atoms with Crippen molar-refractivity contribution in [2.75, 3.05) is 14.2 Å². The molecule has 2 bridgehead atoms. The zero-order chi connectivity index (χ0) is 17.2. The lowest BCUT2D eigenvalue weighted by molar-refractivity contribution is -0.153. The summed E-state index contributed by atoms with van der Waals surface area (Å²) in [6.07, 6.45) is 3.41. The molecule has 0 aromatic heterocycles. The van der Waals surface area contributed by atoms with E-state index in [-0.39, 0.29) is 5.78 Å². The number of ether oxygens (including phenoxy) is 3. The normalized spacial score (nSPS) is 33.0. The van der Waals surface area contributed by atoms with Gasteiger partial charge in [0.2, 0.25) is 0 Å². The largest absolute Gasteiger partial charge is 0.493 e. The number of carbonyl (C=O) groups excluding carboxylic acids is 3. The summed E-state index contributed by atoms with van der Waals surface area (Å²) >= 11 is 3.41. The maximum Gasteiger partial charge on any atom is 0.319 e. The van der Waals surface area contributed by atoms with Crippen molar-refractivity contribution in [3.63, 3.8) is 0 Å². The van der Waals surface area contributed by atoms with Gasteiger partial charge in [-0.2, -0.15) is 0 Å². The van der Waals surface area contributed by atoms with Crippen LogP contribution in [-0.4, -0.2) is 36.3 Å². The number of rotatable bonds is 2. The molecule has 1 saturated heterocycles. The summed E-state index contributed by atoms with van der Waals surface area (Å²) in [5, 5.41) is 0. The minimum atomic E-state index is -1.29. The van der Waals surface area contributed by atoms with Crippen LogP contribution < -0.4 is 9.47 Å². The highest BCUT2D eigenvalue weighted by Gasteiger charge is 2.64. The molecule has 1 aliphatic heterocycles. The molecule has 124 valence electrons. The van der Waals surface area contributed by atoms with Gasteiger partial charge in [0, 0.05) is 17.0 Å². The number of hydrogen-bond donors (Lipinski definition) is 0. The van der Waals surface area contributed by atoms with E-state index in [0.29, 0.717) is 22.6 Å². The second kappa shape index (κ2) is 4.92. The van der Waals surface area contributed by atoms with Crippen LogP contribution in [0.15, 0.2) is 24.3 Å². The number of ketones is 1. The Morgan fingerprint density at radius 1 is 1.12 bits per heavy atom. The van der Waals surface area contributed by atoms with Crippen molar-refractivity contribution < 1.29 is 28.6 Å². The van der Waals surface area contributed by atoms with Gasteiger partial charge in [-0.15, -0.1) is 0 Å². The zero-order valence-corrected chi connectivity index (χ0v) is 14.5. The molecule has 0 saturated carbocycles. The molecule has 1 fully saturated rings. The first-order valence-corrected chi connectivity index (χ1v) is 8.16. The predicted molar refractivity (Wildman–Crippen MR) is 85.5 cm³/mol. The lowest BCUT2D eigenvalue weighted by Crippen LogP contribution is -2.45. The van der Waals surface area contributed by atoms with Gasteiger partial charge in [0.1, 0.15) is 4.32 Å². The number of benzene rings is 1. The van der Waals surface area contributed by atoms with Crippen molar-refractivity contribution in [1.82, 2.24) is 0 Å². The van der Waals surface area contributed by atoms with Gasteiger partial charge in [-0.3, -0.25) is 14.4 Å². The Hall–Kier alpha value is -2.15. The van der Waals surface area contributed by atoms with Gasteiger partial charge in [-0.25, -0.2) is 0 Å². The van der Waals surface area contributed by atoms with E-state index in [1.54, 1.807) is 24.3 Å². The van der Waals surface area contributed by atoms with Gasteiger partial charge in [-0.1, -0.05) is 28.1 Å². The molecule has 1 heterocycles. The summed E-state index contributed by atoms with van der Waals surface area (Å²) < 4.78 is 14.3. The molecular formula is C17H13BrO6. The minimum Gasteiger partial charge on any atom is -0.493 e. The third kappa shape index (κ3) is 1.68. The van der Waals surface area contributed by atoms with E-state index in [2.05, 4.69) is 15.9 Å². The van der Waals surface area contributed by atoms with Crippen LogP contribution in [0, 0.1) is 11.8 Å². The van der Waals surface area contributed by atoms with E-state index in [9.17, 15) is 14.4 Å². The Bertz CT molecular complexity index is 829. The smallest absolute Gasteiger partial charge is 0.319 e. The molecule has 24 heavy (non-hydrogen) atoms. The van der Waals surface area contributed by atoms with E-state index < -0.39 is 34.0 Å². The molecule has 5 rings (SSSR count). The molecule has 6 nitrogen and oxygen atoms in total. The van der Waals surface area contributed by atoms with Crippen molar-refractivity contribution in [3.05, 3.63) is 35.4 Å². The molecule has 3 aliphatic carbocycles. The number of hydrogen-bond acceptors (Lipinski definition) is 6. The van der Waals surface area contributed by atoms with E-state index in [1.807, 2.05) is 0 Å². The first kappa shape index (κ1) is 15.4. The average Bonchev–Trinajstić information content (AvgIpc) is 2.79. The molecular weight excluding hydrogens is 380 g/mol. The molecule has 4 aliphatic rings. The number of carbonyl (C=O) groups is 3. The molecule has 4 atom stereocenters. The third-order valence-electron chi connectivity index (χ3n) is 4.98. The number of alkyl halides is 1. The SMILES string of the molecule is COc1ccc2c(c1OC)[C@H]1C=C[C@@](Br)(C2=O)[C@H]2C(=O)OC(=O)[C@H]12. The summed E-state index contributed by atoms with van der Waals surface area (Å²) in [7, 11) is 2.97. The van der Waals surface area contributed by atoms with Gasteiger partial charge < -0.3 is 14.2 Å². The standard InChI is InChI=1S/C17H13BrO6/c1-22-9-4-3-8-10(13(9)23-2)7-5-6-17(18,14(8)19)12-11(7)15(20)24-16(12)21/h3-7,11-12H,1-2H3/t7-,11-,12-,17+/m1/s1. The molecule has 0 unspecified atom stereocenters. The highest BCUT2D eigenvalue weighted by atomic mass is 79.9. The highest BCUT2D eigenvalue weighted by Crippen LogP contribution is 2.57. The van der Waals surface area contributed by atoms with Gasteiger partial charge in [0.05, 0.1) is 26.1 Å². The number of allylic oxidation sites excluding steroid dienone is 2. The topological polar surface area (TPSA) is 78.9 Å². The van der Waals surface area contributed by atoms with E-state index >= 15 is 0 Å². The van der Waals surface area contributed by atoms with Gasteiger partial charge >= 0.3 is 11.9 Å². The van der Waals surface area contributed by atoms with Crippen LogP contribution in [0.3, 0.4) is 0 Å². The van der Waals surface area contributed by atoms with Gasteiger partial charge in [-0.05, 0) is 12.1 Å². The number of esters is 2. The van der Waals surface area contributed by atoms with Crippen molar-refractivity contribution >= 4 is 33.7 Å². The molecule has 0 N–H and O–H groups in total. The van der Waals surface area contributed by atoms with Crippen molar-refractivity contribution in [2.24, 2.45) is 11.8 Å². The summed E-state index contributed by atoms with van der Waals surface area (Å²) in [5.74, 6) is -2.90. The summed E-state index contributed by atoms with van der Waals surface area (Å²) in [6, 6.07) is 3.29. The number of cyclic esters (lactones) is 2. The monoisotopic (exact) mass is 392 g/mol.